The average molecular weight is 204 g/mol. The van der Waals surface area contributed by atoms with E-state index in [2.05, 4.69) is 29.4 Å². The number of aromatic nitrogens is 1. The molecule has 0 aromatic carbocycles. The molecule has 2 nitrogen and oxygen atoms in total. The minimum atomic E-state index is 0.895. The van der Waals surface area contributed by atoms with Gasteiger partial charge in [-0.3, -0.25) is 4.98 Å². The van der Waals surface area contributed by atoms with Crippen LogP contribution in [0.3, 0.4) is 0 Å². The Morgan fingerprint density at radius 2 is 2.00 bits per heavy atom. The Bertz CT molecular complexity index is 284. The molecule has 2 unspecified atom stereocenters. The van der Waals surface area contributed by atoms with Crippen molar-refractivity contribution in [2.45, 2.75) is 26.2 Å². The standard InChI is InChI=1S/C13H20N2/c1-2-14-10-13-4-3-12(13)9-11-5-7-15-8-6-11/h5-8,12-14H,2-4,9-10H2,1H3. The van der Waals surface area contributed by atoms with Crippen molar-refractivity contribution in [3.8, 4) is 0 Å². The maximum atomic E-state index is 4.05. The van der Waals surface area contributed by atoms with Gasteiger partial charge in [-0.05, 0) is 61.9 Å². The highest BCUT2D eigenvalue weighted by atomic mass is 14.9. The molecule has 2 rings (SSSR count). The van der Waals surface area contributed by atoms with Crippen LogP contribution in [0, 0.1) is 11.8 Å². The van der Waals surface area contributed by atoms with Gasteiger partial charge in [-0.1, -0.05) is 6.92 Å². The largest absolute Gasteiger partial charge is 0.317 e. The minimum Gasteiger partial charge on any atom is -0.317 e. The summed E-state index contributed by atoms with van der Waals surface area (Å²) in [5.41, 5.74) is 1.44. The molecule has 1 N–H and O–H groups in total. The SMILES string of the molecule is CCNCC1CCC1Cc1ccncc1. The summed E-state index contributed by atoms with van der Waals surface area (Å²) in [6, 6.07) is 4.28. The van der Waals surface area contributed by atoms with Crippen LogP contribution in [-0.4, -0.2) is 18.1 Å². The maximum Gasteiger partial charge on any atom is 0.0270 e. The van der Waals surface area contributed by atoms with Gasteiger partial charge in [0.2, 0.25) is 0 Å². The lowest BCUT2D eigenvalue weighted by molar-refractivity contribution is 0.172. The predicted molar refractivity (Wildman–Crippen MR) is 62.7 cm³/mol. The normalized spacial score (nSPS) is 24.9. The molecule has 1 aliphatic rings. The van der Waals surface area contributed by atoms with E-state index in [-0.39, 0.29) is 0 Å². The molecule has 1 aromatic rings. The lowest BCUT2D eigenvalue weighted by Crippen LogP contribution is -2.36. The molecule has 0 aliphatic heterocycles. The van der Waals surface area contributed by atoms with Crippen LogP contribution in [0.15, 0.2) is 24.5 Å². The van der Waals surface area contributed by atoms with Crippen LogP contribution >= 0.6 is 0 Å². The number of hydrogen-bond acceptors (Lipinski definition) is 2. The topological polar surface area (TPSA) is 24.9 Å². The fraction of sp³-hybridized carbons (Fsp3) is 0.615. The molecule has 1 saturated carbocycles. The number of nitrogens with one attached hydrogen (secondary N) is 1. The summed E-state index contributed by atoms with van der Waals surface area (Å²) in [5.74, 6) is 1.80. The molecule has 1 fully saturated rings. The van der Waals surface area contributed by atoms with Crippen molar-refractivity contribution in [3.05, 3.63) is 30.1 Å². The zero-order valence-electron chi connectivity index (χ0n) is 9.45. The summed E-state index contributed by atoms with van der Waals surface area (Å²) in [6.07, 6.45) is 7.83. The first-order chi connectivity index (χ1) is 7.40. The monoisotopic (exact) mass is 204 g/mol. The van der Waals surface area contributed by atoms with E-state index in [1.54, 1.807) is 0 Å². The van der Waals surface area contributed by atoms with Gasteiger partial charge in [-0.25, -0.2) is 0 Å². The van der Waals surface area contributed by atoms with Gasteiger partial charge in [-0.2, -0.15) is 0 Å². The van der Waals surface area contributed by atoms with E-state index in [1.165, 1.54) is 31.4 Å². The van der Waals surface area contributed by atoms with Crippen LogP contribution in [-0.2, 0) is 6.42 Å². The first-order valence-corrected chi connectivity index (χ1v) is 5.99. The highest BCUT2D eigenvalue weighted by molar-refractivity contribution is 5.11. The third-order valence-corrected chi connectivity index (χ3v) is 3.48. The molecule has 2 heteroatoms. The smallest absolute Gasteiger partial charge is 0.0270 e. The van der Waals surface area contributed by atoms with Crippen molar-refractivity contribution in [1.29, 1.82) is 0 Å². The Balaban J connectivity index is 1.80. The third-order valence-electron chi connectivity index (χ3n) is 3.48. The molecule has 2 atom stereocenters. The predicted octanol–water partition coefficient (Wildman–Crippen LogP) is 2.26. The fourth-order valence-electron chi connectivity index (χ4n) is 2.33. The van der Waals surface area contributed by atoms with Crippen LogP contribution in [0.25, 0.3) is 0 Å². The van der Waals surface area contributed by atoms with Gasteiger partial charge in [0, 0.05) is 12.4 Å². The Morgan fingerprint density at radius 1 is 1.27 bits per heavy atom. The molecule has 0 amide bonds. The molecule has 1 aliphatic carbocycles. The van der Waals surface area contributed by atoms with Crippen LogP contribution in [0.1, 0.15) is 25.3 Å². The van der Waals surface area contributed by atoms with Gasteiger partial charge in [0.1, 0.15) is 0 Å². The van der Waals surface area contributed by atoms with Crippen LogP contribution < -0.4 is 5.32 Å². The van der Waals surface area contributed by atoms with E-state index >= 15 is 0 Å². The van der Waals surface area contributed by atoms with E-state index in [1.807, 2.05) is 12.4 Å². The first-order valence-electron chi connectivity index (χ1n) is 5.99. The lowest BCUT2D eigenvalue weighted by atomic mass is 9.71. The molecular formula is C13H20N2. The van der Waals surface area contributed by atoms with Crippen molar-refractivity contribution in [2.24, 2.45) is 11.8 Å². The van der Waals surface area contributed by atoms with Gasteiger partial charge >= 0.3 is 0 Å². The first kappa shape index (κ1) is 10.6. The van der Waals surface area contributed by atoms with Crippen molar-refractivity contribution in [1.82, 2.24) is 10.3 Å². The summed E-state index contributed by atoms with van der Waals surface area (Å²) < 4.78 is 0. The van der Waals surface area contributed by atoms with E-state index < -0.39 is 0 Å². The second-order valence-electron chi connectivity index (χ2n) is 4.46. The van der Waals surface area contributed by atoms with Crippen molar-refractivity contribution in [2.75, 3.05) is 13.1 Å². The number of rotatable bonds is 5. The molecule has 15 heavy (non-hydrogen) atoms. The Labute approximate surface area is 92.1 Å². The van der Waals surface area contributed by atoms with Crippen molar-refractivity contribution >= 4 is 0 Å². The quantitative estimate of drug-likeness (QED) is 0.795. The summed E-state index contributed by atoms with van der Waals surface area (Å²) in [7, 11) is 0. The number of pyridine rings is 1. The summed E-state index contributed by atoms with van der Waals surface area (Å²) >= 11 is 0. The van der Waals surface area contributed by atoms with E-state index in [0.717, 1.165) is 18.4 Å². The van der Waals surface area contributed by atoms with Crippen LogP contribution in [0.2, 0.25) is 0 Å². The second kappa shape index (κ2) is 5.26. The highest BCUT2D eigenvalue weighted by Gasteiger charge is 2.29. The van der Waals surface area contributed by atoms with E-state index in [4.69, 9.17) is 0 Å². The maximum absolute atomic E-state index is 4.05. The van der Waals surface area contributed by atoms with E-state index in [9.17, 15) is 0 Å². The van der Waals surface area contributed by atoms with Crippen LogP contribution in [0.4, 0.5) is 0 Å². The van der Waals surface area contributed by atoms with Gasteiger partial charge in [0.15, 0.2) is 0 Å². The molecular weight excluding hydrogens is 184 g/mol. The minimum absolute atomic E-state index is 0.895. The Kier molecular flexibility index (Phi) is 3.73. The second-order valence-corrected chi connectivity index (χ2v) is 4.46. The molecule has 0 spiro atoms. The third kappa shape index (κ3) is 2.78. The summed E-state index contributed by atoms with van der Waals surface area (Å²) in [6.45, 7) is 4.47. The zero-order valence-corrected chi connectivity index (χ0v) is 9.45. The molecule has 1 heterocycles. The molecule has 0 bridgehead atoms. The van der Waals surface area contributed by atoms with Crippen molar-refractivity contribution in [3.63, 3.8) is 0 Å². The summed E-state index contributed by atoms with van der Waals surface area (Å²) in [5, 5.41) is 3.45. The highest BCUT2D eigenvalue weighted by Crippen LogP contribution is 2.36. The average Bonchev–Trinajstić information content (AvgIpc) is 2.26. The molecule has 0 saturated heterocycles. The zero-order chi connectivity index (χ0) is 10.5. The Hall–Kier alpha value is -0.890. The fourth-order valence-corrected chi connectivity index (χ4v) is 2.33. The summed E-state index contributed by atoms with van der Waals surface area (Å²) in [4.78, 5) is 4.05. The van der Waals surface area contributed by atoms with Crippen molar-refractivity contribution < 1.29 is 0 Å². The number of hydrogen-bond donors (Lipinski definition) is 1. The van der Waals surface area contributed by atoms with Gasteiger partial charge < -0.3 is 5.32 Å². The molecule has 0 radical (unpaired) electrons. The van der Waals surface area contributed by atoms with Gasteiger partial charge in [0.05, 0.1) is 0 Å². The number of nitrogens with zero attached hydrogens (tertiary/aromatic N) is 1. The van der Waals surface area contributed by atoms with Crippen LogP contribution in [0.5, 0.6) is 0 Å². The van der Waals surface area contributed by atoms with E-state index in [0.29, 0.717) is 0 Å². The molecule has 1 aromatic heterocycles. The van der Waals surface area contributed by atoms with Gasteiger partial charge in [0.25, 0.3) is 0 Å². The Morgan fingerprint density at radius 3 is 2.60 bits per heavy atom. The lowest BCUT2D eigenvalue weighted by Gasteiger charge is -2.37. The van der Waals surface area contributed by atoms with Gasteiger partial charge in [-0.15, -0.1) is 0 Å². The molecule has 82 valence electrons.